The lowest BCUT2D eigenvalue weighted by molar-refractivity contribution is -0.141. The first kappa shape index (κ1) is 39.9. The number of nitrogens with zero attached hydrogens (tertiary/aromatic N) is 3. The molecule has 316 valence electrons. The predicted octanol–water partition coefficient (Wildman–Crippen LogP) is 5.57. The molecule has 5 atom stereocenters. The van der Waals surface area contributed by atoms with Gasteiger partial charge in [-0.2, -0.15) is 4.98 Å². The molecule has 4 aromatic rings. The molecular weight excluding hydrogens is 796 g/mol. The van der Waals surface area contributed by atoms with E-state index in [0.717, 1.165) is 38.5 Å². The van der Waals surface area contributed by atoms with Crippen molar-refractivity contribution < 1.29 is 45.9 Å². The number of carbonyl (C=O) groups is 4. The number of aromatic nitrogens is 2. The number of benzene rings is 2. The maximum atomic E-state index is 14.7. The molecule has 2 aromatic carbocycles. The van der Waals surface area contributed by atoms with Crippen LogP contribution >= 0.6 is 0 Å². The van der Waals surface area contributed by atoms with Crippen LogP contribution in [0.1, 0.15) is 83.5 Å². The lowest BCUT2D eigenvalue weighted by atomic mass is 10.0. The zero-order valence-corrected chi connectivity index (χ0v) is 33.8. The predicted molar refractivity (Wildman–Crippen MR) is 216 cm³/mol. The summed E-state index contributed by atoms with van der Waals surface area (Å²) in [5, 5.41) is 5.42. The highest BCUT2D eigenvalue weighted by molar-refractivity contribution is 7.91. The smallest absolute Gasteiger partial charge is 0.408 e. The highest BCUT2D eigenvalue weighted by atomic mass is 32.2. The van der Waals surface area contributed by atoms with Crippen LogP contribution < -0.4 is 20.1 Å². The van der Waals surface area contributed by atoms with Crippen LogP contribution in [-0.2, 0) is 29.1 Å². The Labute approximate surface area is 345 Å². The van der Waals surface area contributed by atoms with Gasteiger partial charge in [-0.05, 0) is 82.4 Å². The Kier molecular flexibility index (Phi) is 10.7. The number of furan rings is 1. The minimum absolute atomic E-state index is 0.0133. The van der Waals surface area contributed by atoms with Crippen LogP contribution in [0.4, 0.5) is 9.18 Å². The van der Waals surface area contributed by atoms with Gasteiger partial charge in [0, 0.05) is 23.3 Å². The molecule has 2 aromatic heterocycles. The molecule has 9 rings (SSSR count). The van der Waals surface area contributed by atoms with Crippen LogP contribution in [0.3, 0.4) is 0 Å². The number of sulfonamides is 1. The third-order valence-electron chi connectivity index (χ3n) is 12.3. The number of fused-ring (bicyclic) bond motifs is 5. The van der Waals surface area contributed by atoms with Crippen LogP contribution in [0.15, 0.2) is 65.1 Å². The average Bonchev–Trinajstić information content (AvgIpc) is 4.05. The summed E-state index contributed by atoms with van der Waals surface area (Å²) in [6, 6.07) is 11.0. The molecule has 4 amide bonds. The Morgan fingerprint density at radius 2 is 1.73 bits per heavy atom. The van der Waals surface area contributed by atoms with E-state index in [4.69, 9.17) is 23.9 Å². The van der Waals surface area contributed by atoms with E-state index >= 15 is 0 Å². The van der Waals surface area contributed by atoms with Gasteiger partial charge in [0.15, 0.2) is 5.82 Å². The van der Waals surface area contributed by atoms with Crippen molar-refractivity contribution in [3.8, 4) is 17.3 Å². The first-order valence-corrected chi connectivity index (χ1v) is 22.5. The Morgan fingerprint density at radius 1 is 0.950 bits per heavy atom. The lowest BCUT2D eigenvalue weighted by Gasteiger charge is -2.30. The fourth-order valence-corrected chi connectivity index (χ4v) is 10.1. The number of carbonyl (C=O) groups excluding carboxylic acids is 4. The number of amides is 4. The summed E-state index contributed by atoms with van der Waals surface area (Å²) in [7, 11) is -3.94. The number of halogens is 1. The van der Waals surface area contributed by atoms with Gasteiger partial charge in [0.1, 0.15) is 46.7 Å². The molecule has 0 radical (unpaired) electrons. The number of alkyl carbamates (subject to hydrolysis) is 1. The van der Waals surface area contributed by atoms with Crippen LogP contribution in [0, 0.1) is 11.7 Å². The summed E-state index contributed by atoms with van der Waals surface area (Å²) in [4.78, 5) is 67.2. The van der Waals surface area contributed by atoms with Crippen molar-refractivity contribution in [2.24, 2.45) is 5.92 Å². The van der Waals surface area contributed by atoms with E-state index in [1.807, 2.05) is 42.5 Å². The van der Waals surface area contributed by atoms with Gasteiger partial charge in [-0.3, -0.25) is 19.1 Å². The molecule has 1 saturated heterocycles. The largest absolute Gasteiger partial charge is 0.470 e. The SMILES string of the molecule is O=C(N[C@@H]1CCCCC/C=C\[C@@H]2C[C@@]2(C(=O)NS(=O)(=O)C2CC2)NC(=O)[C@@H]2C[C@H](Oc3nc(-c4ccccc4)nc4c3oc3ccc(F)cc34)CN2C1=O)OC1CCCC1. The minimum atomic E-state index is -3.94. The molecule has 4 heterocycles. The molecule has 2 aliphatic heterocycles. The van der Waals surface area contributed by atoms with E-state index in [9.17, 15) is 32.0 Å². The number of allylic oxidation sites excluding steroid dienone is 1. The van der Waals surface area contributed by atoms with E-state index < -0.39 is 74.5 Å². The normalized spacial score (nSPS) is 27.0. The molecule has 3 N–H and O–H groups in total. The van der Waals surface area contributed by atoms with Crippen LogP contribution in [0.5, 0.6) is 5.88 Å². The summed E-state index contributed by atoms with van der Waals surface area (Å²) in [6.07, 6.45) is 9.44. The van der Waals surface area contributed by atoms with Gasteiger partial charge < -0.3 is 29.4 Å². The number of hydrogen-bond donors (Lipinski definition) is 3. The van der Waals surface area contributed by atoms with E-state index in [1.54, 1.807) is 0 Å². The Morgan fingerprint density at radius 3 is 2.52 bits per heavy atom. The second-order valence-corrected chi connectivity index (χ2v) is 18.6. The van der Waals surface area contributed by atoms with Crippen molar-refractivity contribution in [3.05, 3.63) is 66.5 Å². The summed E-state index contributed by atoms with van der Waals surface area (Å²) >= 11 is 0. The second kappa shape index (κ2) is 16.1. The maximum Gasteiger partial charge on any atom is 0.408 e. The van der Waals surface area contributed by atoms with E-state index in [1.165, 1.54) is 23.1 Å². The number of ether oxygens (including phenoxy) is 2. The van der Waals surface area contributed by atoms with Crippen LogP contribution in [0.2, 0.25) is 0 Å². The van der Waals surface area contributed by atoms with Crippen LogP contribution in [-0.4, -0.2) is 88.7 Å². The summed E-state index contributed by atoms with van der Waals surface area (Å²) in [5.41, 5.74) is -0.101. The Bertz CT molecular complexity index is 2470. The van der Waals surface area contributed by atoms with Gasteiger partial charge in [0.05, 0.1) is 11.8 Å². The van der Waals surface area contributed by atoms with Crippen molar-refractivity contribution in [2.75, 3.05) is 6.54 Å². The third-order valence-corrected chi connectivity index (χ3v) is 14.1. The van der Waals surface area contributed by atoms with Crippen molar-refractivity contribution in [3.63, 3.8) is 0 Å². The molecule has 4 fully saturated rings. The summed E-state index contributed by atoms with van der Waals surface area (Å²) < 4.78 is 61.0. The first-order valence-electron chi connectivity index (χ1n) is 20.9. The molecule has 3 saturated carbocycles. The Hall–Kier alpha value is -5.58. The Balaban J connectivity index is 1.06. The minimum Gasteiger partial charge on any atom is -0.470 e. The maximum absolute atomic E-state index is 14.7. The van der Waals surface area contributed by atoms with E-state index in [0.29, 0.717) is 47.7 Å². The summed E-state index contributed by atoms with van der Waals surface area (Å²) in [6.45, 7) is -0.119. The highest BCUT2D eigenvalue weighted by Crippen LogP contribution is 2.46. The van der Waals surface area contributed by atoms with Gasteiger partial charge in [-0.15, -0.1) is 0 Å². The van der Waals surface area contributed by atoms with Gasteiger partial charge >= 0.3 is 6.09 Å². The monoisotopic (exact) mass is 842 g/mol. The second-order valence-electron chi connectivity index (χ2n) is 16.6. The third kappa shape index (κ3) is 8.15. The molecular formula is C43H47FN6O9S. The summed E-state index contributed by atoms with van der Waals surface area (Å²) in [5.74, 6) is -2.70. The van der Waals surface area contributed by atoms with Crippen molar-refractivity contribution in [1.82, 2.24) is 30.2 Å². The van der Waals surface area contributed by atoms with Crippen LogP contribution in [0.25, 0.3) is 33.5 Å². The van der Waals surface area contributed by atoms with Crippen molar-refractivity contribution in [1.29, 1.82) is 0 Å². The topological polar surface area (TPSA) is 199 Å². The molecule has 0 unspecified atom stereocenters. The molecule has 17 heteroatoms. The van der Waals surface area contributed by atoms with Crippen molar-refractivity contribution in [2.45, 2.75) is 119 Å². The lowest BCUT2D eigenvalue weighted by Crippen LogP contribution is -2.58. The standard InChI is InChI=1S/C43H47FN6O9S/c44-27-17-20-34-31(21-27)35-36(59-34)39(47-37(46-35)25-11-5-4-6-12-25)57-29-22-33-38(51)48-43(41(53)49-60(55,56)30-18-19-30)23-26(43)13-7-2-1-3-8-16-32(40(52)50(33)24-29)45-42(54)58-28-14-9-10-15-28/h4-7,11-13,17,20-21,26,28-30,32-33H,1-3,8-10,14-16,18-19,22-24H2,(H,45,54)(H,48,51)(H,49,53)/b13-7-/t26-,29+,32-,33+,43-/m1/s1. The molecule has 0 bridgehead atoms. The fraction of sp³-hybridized carbons (Fsp3) is 0.488. The van der Waals surface area contributed by atoms with E-state index in [-0.39, 0.29) is 49.2 Å². The highest BCUT2D eigenvalue weighted by Gasteiger charge is 2.62. The quantitative estimate of drug-likeness (QED) is 0.188. The average molecular weight is 843 g/mol. The molecule has 15 nitrogen and oxygen atoms in total. The van der Waals surface area contributed by atoms with Gasteiger partial charge in [-0.25, -0.2) is 22.6 Å². The number of nitrogens with one attached hydrogen (secondary N) is 3. The van der Waals surface area contributed by atoms with Crippen molar-refractivity contribution >= 4 is 55.9 Å². The van der Waals surface area contributed by atoms with E-state index in [2.05, 4.69) is 15.4 Å². The zero-order valence-electron chi connectivity index (χ0n) is 32.9. The molecule has 60 heavy (non-hydrogen) atoms. The van der Waals surface area contributed by atoms with Gasteiger partial charge in [-0.1, -0.05) is 55.3 Å². The zero-order chi connectivity index (χ0) is 41.6. The number of hydrogen-bond acceptors (Lipinski definition) is 11. The van der Waals surface area contributed by atoms with Gasteiger partial charge in [0.2, 0.25) is 27.4 Å². The molecule has 0 spiro atoms. The first-order chi connectivity index (χ1) is 29.0. The number of rotatable bonds is 8. The molecule has 3 aliphatic carbocycles. The van der Waals surface area contributed by atoms with Gasteiger partial charge in [0.25, 0.3) is 11.8 Å². The fourth-order valence-electron chi connectivity index (χ4n) is 8.73. The molecule has 5 aliphatic rings.